The van der Waals surface area contributed by atoms with Gasteiger partial charge in [-0.05, 0) is 52.9 Å². The first kappa shape index (κ1) is 24.0. The molecule has 31 heavy (non-hydrogen) atoms. The topological polar surface area (TPSA) is 108 Å². The summed E-state index contributed by atoms with van der Waals surface area (Å²) in [6.45, 7) is 13.7. The monoisotopic (exact) mass is 437 g/mol. The molecule has 2 bridgehead atoms. The Labute approximate surface area is 185 Å². The molecule has 7 atom stereocenters. The zero-order valence-corrected chi connectivity index (χ0v) is 19.9. The quantitative estimate of drug-likeness (QED) is 0.555. The van der Waals surface area contributed by atoms with Crippen LogP contribution in [0.2, 0.25) is 0 Å². The maximum Gasteiger partial charge on any atom is 0.246 e. The molecule has 3 unspecified atom stereocenters. The maximum atomic E-state index is 13.8. The molecule has 0 aromatic carbocycles. The molecule has 3 aliphatic rings. The third kappa shape index (κ3) is 3.55. The summed E-state index contributed by atoms with van der Waals surface area (Å²) in [6, 6.07) is -1.39. The number of nitrogens with zero attached hydrogens (tertiary/aromatic N) is 1. The lowest BCUT2D eigenvalue weighted by Gasteiger charge is -2.38. The van der Waals surface area contributed by atoms with Crippen LogP contribution >= 0.6 is 0 Å². The van der Waals surface area contributed by atoms with Gasteiger partial charge in [0.1, 0.15) is 11.6 Å². The molecule has 8 nitrogen and oxygen atoms in total. The predicted molar refractivity (Wildman–Crippen MR) is 116 cm³/mol. The van der Waals surface area contributed by atoms with Crippen molar-refractivity contribution in [3.63, 3.8) is 0 Å². The standard InChI is InChI=1S/C23H39N3O5/c1-8-10-24-18(28)15-16-20(30)26(14(9-2)12-27)17(19(29)25-21(4,5)6)23(16)11-13(3)22(15,7)31-23/h13-17,27H,8-12H2,1-7H3,(H,24,28)(H,25,29)/t13?,14-,15+,16-,17?,22-,23?/m0/s1. The van der Waals surface area contributed by atoms with E-state index in [1.807, 2.05) is 48.5 Å². The molecule has 3 aliphatic heterocycles. The van der Waals surface area contributed by atoms with Crippen LogP contribution in [0.1, 0.15) is 67.7 Å². The summed E-state index contributed by atoms with van der Waals surface area (Å²) in [5, 5.41) is 16.0. The fraction of sp³-hybridized carbons (Fsp3) is 0.870. The first-order chi connectivity index (χ1) is 14.4. The van der Waals surface area contributed by atoms with Crippen LogP contribution in [0.25, 0.3) is 0 Å². The van der Waals surface area contributed by atoms with E-state index in [9.17, 15) is 19.5 Å². The number of fused-ring (bicyclic) bond motifs is 1. The van der Waals surface area contributed by atoms with E-state index >= 15 is 0 Å². The largest absolute Gasteiger partial charge is 0.394 e. The Bertz CT molecular complexity index is 746. The molecule has 1 spiro atoms. The summed E-state index contributed by atoms with van der Waals surface area (Å²) < 4.78 is 6.62. The van der Waals surface area contributed by atoms with Crippen molar-refractivity contribution in [1.82, 2.24) is 15.5 Å². The second-order valence-corrected chi connectivity index (χ2v) is 10.7. The SMILES string of the molecule is CCCNC(=O)[C@H]1[C@H]2C(=O)N([C@@H](CC)CO)C(C(=O)NC(C)(C)C)C23CC(C)[C@]1(C)O3. The Kier molecular flexibility index (Phi) is 6.21. The van der Waals surface area contributed by atoms with Crippen molar-refractivity contribution in [2.45, 2.75) is 96.6 Å². The number of nitrogens with one attached hydrogen (secondary N) is 2. The van der Waals surface area contributed by atoms with Gasteiger partial charge < -0.3 is 25.4 Å². The molecule has 0 aromatic rings. The fourth-order valence-electron chi connectivity index (χ4n) is 5.98. The van der Waals surface area contributed by atoms with E-state index in [2.05, 4.69) is 10.6 Å². The van der Waals surface area contributed by atoms with Gasteiger partial charge in [-0.1, -0.05) is 20.8 Å². The van der Waals surface area contributed by atoms with Crippen LogP contribution in [0.15, 0.2) is 0 Å². The smallest absolute Gasteiger partial charge is 0.246 e. The average molecular weight is 438 g/mol. The molecule has 0 saturated carbocycles. The number of likely N-dealkylation sites (tertiary alicyclic amines) is 1. The van der Waals surface area contributed by atoms with E-state index in [4.69, 9.17) is 4.74 Å². The van der Waals surface area contributed by atoms with E-state index in [0.717, 1.165) is 6.42 Å². The highest BCUT2D eigenvalue weighted by molar-refractivity contribution is 5.99. The van der Waals surface area contributed by atoms with Crippen LogP contribution in [0.3, 0.4) is 0 Å². The van der Waals surface area contributed by atoms with Gasteiger partial charge in [0.25, 0.3) is 0 Å². The van der Waals surface area contributed by atoms with Crippen LogP contribution < -0.4 is 10.6 Å². The minimum Gasteiger partial charge on any atom is -0.394 e. The van der Waals surface area contributed by atoms with Crippen molar-refractivity contribution in [1.29, 1.82) is 0 Å². The Morgan fingerprint density at radius 1 is 1.29 bits per heavy atom. The second kappa shape index (κ2) is 8.03. The molecule has 3 heterocycles. The van der Waals surface area contributed by atoms with Gasteiger partial charge in [-0.2, -0.15) is 0 Å². The maximum absolute atomic E-state index is 13.8. The van der Waals surface area contributed by atoms with E-state index in [1.165, 1.54) is 4.90 Å². The number of aliphatic hydroxyl groups is 1. The fourth-order valence-corrected chi connectivity index (χ4v) is 5.98. The second-order valence-electron chi connectivity index (χ2n) is 10.7. The highest BCUT2D eigenvalue weighted by Gasteiger charge is 2.80. The van der Waals surface area contributed by atoms with Gasteiger partial charge >= 0.3 is 0 Å². The van der Waals surface area contributed by atoms with Gasteiger partial charge in [-0.15, -0.1) is 0 Å². The third-order valence-electron chi connectivity index (χ3n) is 7.41. The van der Waals surface area contributed by atoms with Crippen molar-refractivity contribution >= 4 is 17.7 Å². The first-order valence-electron chi connectivity index (χ1n) is 11.6. The molecule has 3 fully saturated rings. The number of carbonyl (C=O) groups is 3. The third-order valence-corrected chi connectivity index (χ3v) is 7.41. The summed E-state index contributed by atoms with van der Waals surface area (Å²) in [7, 11) is 0. The number of rotatable bonds is 7. The van der Waals surface area contributed by atoms with Crippen LogP contribution in [0.4, 0.5) is 0 Å². The molecule has 0 aliphatic carbocycles. The van der Waals surface area contributed by atoms with Crippen molar-refractivity contribution in [3.8, 4) is 0 Å². The highest BCUT2D eigenvalue weighted by Crippen LogP contribution is 2.65. The molecule has 3 rings (SSSR count). The lowest BCUT2D eigenvalue weighted by molar-refractivity contribution is -0.151. The van der Waals surface area contributed by atoms with E-state index in [0.29, 0.717) is 19.4 Å². The average Bonchev–Trinajstić information content (AvgIpc) is 3.17. The Balaban J connectivity index is 2.11. The molecule has 176 valence electrons. The summed E-state index contributed by atoms with van der Waals surface area (Å²) in [5.41, 5.74) is -2.38. The van der Waals surface area contributed by atoms with E-state index in [-0.39, 0.29) is 30.2 Å². The molecule has 0 aromatic heterocycles. The van der Waals surface area contributed by atoms with E-state index in [1.54, 1.807) is 0 Å². The summed E-state index contributed by atoms with van der Waals surface area (Å²) in [5.74, 6) is -2.13. The lowest BCUT2D eigenvalue weighted by Crippen LogP contribution is -2.60. The van der Waals surface area contributed by atoms with Crippen molar-refractivity contribution in [3.05, 3.63) is 0 Å². The normalized spacial score (nSPS) is 37.7. The molecule has 8 heteroatoms. The number of carbonyl (C=O) groups excluding carboxylic acids is 3. The zero-order chi connectivity index (χ0) is 23.4. The Morgan fingerprint density at radius 3 is 2.45 bits per heavy atom. The number of hydrogen-bond acceptors (Lipinski definition) is 5. The first-order valence-corrected chi connectivity index (χ1v) is 11.6. The number of amides is 3. The highest BCUT2D eigenvalue weighted by atomic mass is 16.5. The molecule has 3 saturated heterocycles. The zero-order valence-electron chi connectivity index (χ0n) is 19.9. The van der Waals surface area contributed by atoms with Gasteiger partial charge in [0.2, 0.25) is 17.7 Å². The van der Waals surface area contributed by atoms with Gasteiger partial charge in [0.05, 0.1) is 30.1 Å². The predicted octanol–water partition coefficient (Wildman–Crippen LogP) is 1.21. The molecule has 3 N–H and O–H groups in total. The van der Waals surface area contributed by atoms with Crippen LogP contribution in [0, 0.1) is 17.8 Å². The van der Waals surface area contributed by atoms with Gasteiger partial charge in [-0.25, -0.2) is 0 Å². The Hall–Kier alpha value is -1.67. The number of ether oxygens (including phenoxy) is 1. The summed E-state index contributed by atoms with van der Waals surface area (Å²) in [6.07, 6.45) is 1.82. The van der Waals surface area contributed by atoms with Gasteiger partial charge in [0.15, 0.2) is 0 Å². The molecule has 3 amide bonds. The van der Waals surface area contributed by atoms with Gasteiger partial charge in [0, 0.05) is 12.1 Å². The van der Waals surface area contributed by atoms with E-state index < -0.39 is 40.7 Å². The van der Waals surface area contributed by atoms with Crippen molar-refractivity contribution in [2.24, 2.45) is 17.8 Å². The van der Waals surface area contributed by atoms with Crippen molar-refractivity contribution < 1.29 is 24.2 Å². The lowest BCUT2D eigenvalue weighted by atomic mass is 9.62. The van der Waals surface area contributed by atoms with Crippen LogP contribution in [0.5, 0.6) is 0 Å². The Morgan fingerprint density at radius 2 is 1.94 bits per heavy atom. The minimum atomic E-state index is -1.07. The number of hydrogen-bond donors (Lipinski definition) is 3. The van der Waals surface area contributed by atoms with Gasteiger partial charge in [-0.3, -0.25) is 14.4 Å². The van der Waals surface area contributed by atoms with Crippen molar-refractivity contribution in [2.75, 3.05) is 13.2 Å². The molecule has 0 radical (unpaired) electrons. The number of aliphatic hydroxyl groups excluding tert-OH is 1. The molecular weight excluding hydrogens is 398 g/mol. The minimum absolute atomic E-state index is 0.00742. The van der Waals surface area contributed by atoms with Crippen LogP contribution in [-0.4, -0.2) is 69.7 Å². The summed E-state index contributed by atoms with van der Waals surface area (Å²) >= 11 is 0. The molecular formula is C23H39N3O5. The van der Waals surface area contributed by atoms with Crippen LogP contribution in [-0.2, 0) is 19.1 Å². The summed E-state index contributed by atoms with van der Waals surface area (Å²) in [4.78, 5) is 42.2.